The molecule has 3 aliphatic rings. The molecule has 1 unspecified atom stereocenters. The SMILES string of the molecule is CS(=O)(=O)N1CC=C(c2ccc(OC[C@@H]3C4CN(c5ncc(Cl)cn5)C[C@H]43)cn2)CC1. The number of hydrogen-bond donors (Lipinski definition) is 0. The van der Waals surface area contributed by atoms with E-state index in [2.05, 4.69) is 19.9 Å². The van der Waals surface area contributed by atoms with E-state index in [1.807, 2.05) is 18.2 Å². The third-order valence-corrected chi connectivity index (χ3v) is 7.87. The highest BCUT2D eigenvalue weighted by Gasteiger charge is 2.56. The molecule has 1 aliphatic carbocycles. The molecular formula is C21H24ClN5O3S. The van der Waals surface area contributed by atoms with Crippen LogP contribution in [0.2, 0.25) is 5.02 Å². The van der Waals surface area contributed by atoms with Crippen molar-refractivity contribution in [2.45, 2.75) is 6.42 Å². The largest absolute Gasteiger partial charge is 0.492 e. The monoisotopic (exact) mass is 461 g/mol. The number of anilines is 1. The summed E-state index contributed by atoms with van der Waals surface area (Å²) in [5.74, 6) is 3.31. The van der Waals surface area contributed by atoms with Gasteiger partial charge >= 0.3 is 0 Å². The first kappa shape index (κ1) is 20.7. The number of nitrogens with zero attached hydrogens (tertiary/aromatic N) is 5. The van der Waals surface area contributed by atoms with Crippen molar-refractivity contribution < 1.29 is 13.2 Å². The maximum absolute atomic E-state index is 11.6. The molecule has 2 fully saturated rings. The lowest BCUT2D eigenvalue weighted by Crippen LogP contribution is -2.33. The van der Waals surface area contributed by atoms with Gasteiger partial charge in [0.1, 0.15) is 5.75 Å². The molecule has 0 bridgehead atoms. The number of hydrogen-bond acceptors (Lipinski definition) is 7. The van der Waals surface area contributed by atoms with Gasteiger partial charge < -0.3 is 9.64 Å². The van der Waals surface area contributed by atoms with Crippen LogP contribution in [-0.2, 0) is 10.0 Å². The van der Waals surface area contributed by atoms with Crippen LogP contribution in [0.1, 0.15) is 12.1 Å². The fourth-order valence-electron chi connectivity index (χ4n) is 4.56. The van der Waals surface area contributed by atoms with Crippen LogP contribution in [0.5, 0.6) is 5.75 Å². The second-order valence-electron chi connectivity index (χ2n) is 8.39. The molecule has 10 heteroatoms. The maximum Gasteiger partial charge on any atom is 0.225 e. The number of pyridine rings is 1. The van der Waals surface area contributed by atoms with E-state index in [9.17, 15) is 8.42 Å². The van der Waals surface area contributed by atoms with E-state index < -0.39 is 10.0 Å². The number of sulfonamides is 1. The fourth-order valence-corrected chi connectivity index (χ4v) is 5.43. The normalized spacial score (nSPS) is 25.8. The molecule has 2 aliphatic heterocycles. The fraction of sp³-hybridized carbons (Fsp3) is 0.476. The zero-order chi connectivity index (χ0) is 21.6. The Morgan fingerprint density at radius 1 is 1.13 bits per heavy atom. The highest BCUT2D eigenvalue weighted by atomic mass is 35.5. The van der Waals surface area contributed by atoms with E-state index >= 15 is 0 Å². The van der Waals surface area contributed by atoms with Crippen molar-refractivity contribution in [3.63, 3.8) is 0 Å². The van der Waals surface area contributed by atoms with Gasteiger partial charge in [0.15, 0.2) is 0 Å². The quantitative estimate of drug-likeness (QED) is 0.652. The molecule has 3 atom stereocenters. The third kappa shape index (κ3) is 4.40. The minimum absolute atomic E-state index is 0.399. The minimum atomic E-state index is -3.14. The summed E-state index contributed by atoms with van der Waals surface area (Å²) in [7, 11) is -3.14. The van der Waals surface area contributed by atoms with E-state index in [1.165, 1.54) is 10.6 Å². The average Bonchev–Trinajstić information content (AvgIpc) is 3.21. The molecule has 0 N–H and O–H groups in total. The van der Waals surface area contributed by atoms with Crippen molar-refractivity contribution >= 4 is 33.1 Å². The minimum Gasteiger partial charge on any atom is -0.492 e. The van der Waals surface area contributed by atoms with Crippen molar-refractivity contribution in [1.82, 2.24) is 19.3 Å². The zero-order valence-corrected chi connectivity index (χ0v) is 18.8. The van der Waals surface area contributed by atoms with Crippen LogP contribution in [0.4, 0.5) is 5.95 Å². The van der Waals surface area contributed by atoms with E-state index in [-0.39, 0.29) is 0 Å². The molecule has 0 radical (unpaired) electrons. The molecule has 31 heavy (non-hydrogen) atoms. The van der Waals surface area contributed by atoms with Crippen LogP contribution in [0.3, 0.4) is 0 Å². The Kier molecular flexibility index (Phi) is 5.35. The Morgan fingerprint density at radius 2 is 1.87 bits per heavy atom. The van der Waals surface area contributed by atoms with Crippen molar-refractivity contribution in [3.05, 3.63) is 47.5 Å². The first-order valence-electron chi connectivity index (χ1n) is 10.3. The van der Waals surface area contributed by atoms with Gasteiger partial charge in [-0.2, -0.15) is 4.31 Å². The summed E-state index contributed by atoms with van der Waals surface area (Å²) in [4.78, 5) is 15.3. The maximum atomic E-state index is 11.6. The van der Waals surface area contributed by atoms with Gasteiger partial charge in [-0.15, -0.1) is 0 Å². The number of aromatic nitrogens is 3. The first-order valence-corrected chi connectivity index (χ1v) is 12.6. The molecule has 0 aromatic carbocycles. The summed E-state index contributed by atoms with van der Waals surface area (Å²) in [5, 5.41) is 0.551. The predicted octanol–water partition coefficient (Wildman–Crippen LogP) is 2.33. The average molecular weight is 462 g/mol. The Hall–Kier alpha value is -2.23. The van der Waals surface area contributed by atoms with Gasteiger partial charge in [0.25, 0.3) is 0 Å². The summed E-state index contributed by atoms with van der Waals surface area (Å²) in [6.45, 7) is 3.49. The number of piperidine rings is 1. The van der Waals surface area contributed by atoms with Gasteiger partial charge in [-0.1, -0.05) is 17.7 Å². The molecule has 2 aromatic rings. The van der Waals surface area contributed by atoms with Crippen LogP contribution < -0.4 is 9.64 Å². The Balaban J connectivity index is 1.11. The van der Waals surface area contributed by atoms with Crippen molar-refractivity contribution in [2.75, 3.05) is 43.9 Å². The molecule has 1 saturated carbocycles. The molecule has 4 heterocycles. The Labute approximate surface area is 187 Å². The van der Waals surface area contributed by atoms with Gasteiger partial charge in [0, 0.05) is 32.1 Å². The van der Waals surface area contributed by atoms with Crippen LogP contribution in [0.15, 0.2) is 36.8 Å². The highest BCUT2D eigenvalue weighted by molar-refractivity contribution is 7.88. The van der Waals surface area contributed by atoms with Crippen molar-refractivity contribution in [2.24, 2.45) is 17.8 Å². The number of fused-ring (bicyclic) bond motifs is 1. The van der Waals surface area contributed by atoms with Crippen LogP contribution >= 0.6 is 11.6 Å². The predicted molar refractivity (Wildman–Crippen MR) is 118 cm³/mol. The lowest BCUT2D eigenvalue weighted by Gasteiger charge is -2.23. The number of ether oxygens (including phenoxy) is 1. The zero-order valence-electron chi connectivity index (χ0n) is 17.2. The molecule has 8 nitrogen and oxygen atoms in total. The highest BCUT2D eigenvalue weighted by Crippen LogP contribution is 2.52. The van der Waals surface area contributed by atoms with Gasteiger partial charge in [-0.05, 0) is 36.0 Å². The smallest absolute Gasteiger partial charge is 0.225 e. The Morgan fingerprint density at radius 3 is 2.45 bits per heavy atom. The lowest BCUT2D eigenvalue weighted by atomic mass is 10.1. The van der Waals surface area contributed by atoms with Gasteiger partial charge in [-0.3, -0.25) is 4.98 Å². The summed E-state index contributed by atoms with van der Waals surface area (Å²) >= 11 is 5.86. The summed E-state index contributed by atoms with van der Waals surface area (Å²) < 4.78 is 30.7. The molecule has 2 aromatic heterocycles. The van der Waals surface area contributed by atoms with Crippen LogP contribution in [0, 0.1) is 17.8 Å². The van der Waals surface area contributed by atoms with E-state index in [0.29, 0.717) is 48.9 Å². The molecule has 0 amide bonds. The summed E-state index contributed by atoms with van der Waals surface area (Å²) in [6.07, 6.45) is 8.87. The van der Waals surface area contributed by atoms with Crippen molar-refractivity contribution in [3.8, 4) is 5.75 Å². The number of halogens is 1. The molecular weight excluding hydrogens is 438 g/mol. The second kappa shape index (κ2) is 8.03. The lowest BCUT2D eigenvalue weighted by molar-refractivity contribution is 0.282. The standard InChI is InChI=1S/C21H24ClN5O3S/c1-31(28,29)27-6-4-14(5-7-27)20-3-2-16(10-23-20)30-13-19-17-11-26(12-18(17)19)21-24-8-15(22)9-25-21/h2-4,8-10,17-19H,5-7,11-13H2,1H3/t17-,18?,19+/m1/s1. The topological polar surface area (TPSA) is 88.5 Å². The van der Waals surface area contributed by atoms with E-state index in [0.717, 1.165) is 36.1 Å². The van der Waals surface area contributed by atoms with Gasteiger partial charge in [-0.25, -0.2) is 18.4 Å². The molecule has 1 saturated heterocycles. The summed E-state index contributed by atoms with van der Waals surface area (Å²) in [6, 6.07) is 3.89. The van der Waals surface area contributed by atoms with E-state index in [4.69, 9.17) is 16.3 Å². The van der Waals surface area contributed by atoms with Gasteiger partial charge in [0.05, 0.1) is 42.2 Å². The Bertz CT molecular complexity index is 1080. The first-order chi connectivity index (χ1) is 14.9. The third-order valence-electron chi connectivity index (χ3n) is 6.41. The van der Waals surface area contributed by atoms with Crippen LogP contribution in [-0.4, -0.2) is 66.7 Å². The molecule has 164 valence electrons. The number of rotatable bonds is 6. The molecule has 0 spiro atoms. The van der Waals surface area contributed by atoms with Crippen molar-refractivity contribution in [1.29, 1.82) is 0 Å². The second-order valence-corrected chi connectivity index (χ2v) is 10.8. The van der Waals surface area contributed by atoms with Gasteiger partial charge in [0.2, 0.25) is 16.0 Å². The summed E-state index contributed by atoms with van der Waals surface area (Å²) in [5.41, 5.74) is 1.95. The van der Waals surface area contributed by atoms with Crippen LogP contribution in [0.25, 0.3) is 5.57 Å². The molecule has 5 rings (SSSR count). The van der Waals surface area contributed by atoms with E-state index in [1.54, 1.807) is 18.6 Å².